The molecule has 0 saturated carbocycles. The van der Waals surface area contributed by atoms with Gasteiger partial charge in [0.1, 0.15) is 5.75 Å². The second-order valence-corrected chi connectivity index (χ2v) is 8.40. The van der Waals surface area contributed by atoms with Gasteiger partial charge in [-0.15, -0.1) is 0 Å². The van der Waals surface area contributed by atoms with Crippen molar-refractivity contribution in [1.29, 1.82) is 0 Å². The number of hydrogen-bond acceptors (Lipinski definition) is 3. The lowest BCUT2D eigenvalue weighted by atomic mass is 9.95. The maximum absolute atomic E-state index is 13.0. The van der Waals surface area contributed by atoms with Crippen molar-refractivity contribution in [1.82, 2.24) is 9.47 Å². The Labute approximate surface area is 173 Å². The summed E-state index contributed by atoms with van der Waals surface area (Å²) >= 11 is 6.22. The van der Waals surface area contributed by atoms with Crippen LogP contribution in [0.15, 0.2) is 47.3 Å². The minimum absolute atomic E-state index is 0.00197. The highest BCUT2D eigenvalue weighted by molar-refractivity contribution is 6.31. The molecule has 1 amide bonds. The minimum atomic E-state index is -1.09. The van der Waals surface area contributed by atoms with Crippen molar-refractivity contribution in [2.75, 3.05) is 0 Å². The number of carboxylic acid groups (broad SMARTS) is 1. The maximum atomic E-state index is 13.0. The lowest BCUT2D eigenvalue weighted by molar-refractivity contribution is 0.0941. The van der Waals surface area contributed by atoms with Gasteiger partial charge in [0.15, 0.2) is 0 Å². The predicted molar refractivity (Wildman–Crippen MR) is 115 cm³/mol. The van der Waals surface area contributed by atoms with E-state index in [1.165, 1.54) is 9.47 Å². The summed E-state index contributed by atoms with van der Waals surface area (Å²) in [6.07, 6.45) is -1.09. The fraction of sp³-hybridized carbons (Fsp3) is 0.273. The summed E-state index contributed by atoms with van der Waals surface area (Å²) < 4.78 is 1.47. The first kappa shape index (κ1) is 20.7. The second-order valence-electron chi connectivity index (χ2n) is 7.97. The number of carbonyl (C=O) groups is 1. The molecule has 7 heteroatoms. The highest BCUT2D eigenvalue weighted by atomic mass is 35.5. The third kappa shape index (κ3) is 3.93. The first-order valence-electron chi connectivity index (χ1n) is 9.12. The highest BCUT2D eigenvalue weighted by Crippen LogP contribution is 2.35. The Morgan fingerprint density at radius 2 is 1.83 bits per heavy atom. The summed E-state index contributed by atoms with van der Waals surface area (Å²) in [5.41, 5.74) is 0.932. The number of benzene rings is 2. The lowest BCUT2D eigenvalue weighted by Gasteiger charge is -2.34. The molecule has 152 valence electrons. The van der Waals surface area contributed by atoms with Gasteiger partial charge in [-0.3, -0.25) is 9.69 Å². The van der Waals surface area contributed by atoms with E-state index in [1.807, 2.05) is 6.07 Å². The largest absolute Gasteiger partial charge is 0.508 e. The number of phenols is 1. The molecule has 0 atom stereocenters. The molecular formula is C22H23ClN2O4. The SMILES string of the molecule is Cn1c(CN(C(=O)O)C(C)(C)C)c(-c2cccc(O)c2)c2cc(Cl)ccc2c1=O. The Morgan fingerprint density at radius 1 is 1.14 bits per heavy atom. The summed E-state index contributed by atoms with van der Waals surface area (Å²) in [6.45, 7) is 5.39. The molecule has 1 aromatic heterocycles. The molecule has 0 spiro atoms. The summed E-state index contributed by atoms with van der Waals surface area (Å²) in [5.74, 6) is 0.0726. The molecule has 29 heavy (non-hydrogen) atoms. The van der Waals surface area contributed by atoms with Crippen molar-refractivity contribution in [3.63, 3.8) is 0 Å². The van der Waals surface area contributed by atoms with E-state index in [0.717, 1.165) is 0 Å². The van der Waals surface area contributed by atoms with Gasteiger partial charge in [-0.2, -0.15) is 0 Å². The van der Waals surface area contributed by atoms with Gasteiger partial charge in [-0.25, -0.2) is 4.79 Å². The third-order valence-electron chi connectivity index (χ3n) is 4.96. The summed E-state index contributed by atoms with van der Waals surface area (Å²) in [5, 5.41) is 21.3. The van der Waals surface area contributed by atoms with E-state index in [4.69, 9.17) is 11.6 Å². The van der Waals surface area contributed by atoms with E-state index in [0.29, 0.717) is 32.6 Å². The molecule has 0 radical (unpaired) electrons. The quantitative estimate of drug-likeness (QED) is 0.642. The molecule has 2 aromatic carbocycles. The number of fused-ring (bicyclic) bond motifs is 1. The predicted octanol–water partition coefficient (Wildman–Crippen LogP) is 4.84. The zero-order chi connectivity index (χ0) is 21.5. The zero-order valence-corrected chi connectivity index (χ0v) is 17.5. The molecule has 1 heterocycles. The van der Waals surface area contributed by atoms with Crippen molar-refractivity contribution in [3.8, 4) is 16.9 Å². The molecule has 6 nitrogen and oxygen atoms in total. The first-order valence-corrected chi connectivity index (χ1v) is 9.49. The number of rotatable bonds is 3. The first-order chi connectivity index (χ1) is 13.5. The Balaban J connectivity index is 2.42. The molecule has 0 bridgehead atoms. The van der Waals surface area contributed by atoms with Gasteiger partial charge in [0, 0.05) is 34.3 Å². The Bertz CT molecular complexity index is 1160. The lowest BCUT2D eigenvalue weighted by Crippen LogP contribution is -2.45. The van der Waals surface area contributed by atoms with Crippen LogP contribution in [0.4, 0.5) is 4.79 Å². The van der Waals surface area contributed by atoms with Crippen LogP contribution in [0.3, 0.4) is 0 Å². The fourth-order valence-corrected chi connectivity index (χ4v) is 3.62. The number of aromatic hydroxyl groups is 1. The number of hydrogen-bond donors (Lipinski definition) is 2. The smallest absolute Gasteiger partial charge is 0.408 e. The van der Waals surface area contributed by atoms with E-state index < -0.39 is 11.6 Å². The minimum Gasteiger partial charge on any atom is -0.508 e. The van der Waals surface area contributed by atoms with Crippen molar-refractivity contribution < 1.29 is 15.0 Å². The van der Waals surface area contributed by atoms with Gasteiger partial charge < -0.3 is 14.8 Å². The van der Waals surface area contributed by atoms with Gasteiger partial charge >= 0.3 is 6.09 Å². The number of phenolic OH excluding ortho intramolecular Hbond substituents is 1. The summed E-state index contributed by atoms with van der Waals surface area (Å²) in [7, 11) is 1.63. The standard InChI is InChI=1S/C22H23ClN2O4/c1-22(2,3)25(21(28)29)12-18-19(13-6-5-7-15(26)10-13)17-11-14(23)8-9-16(17)20(27)24(18)4/h5-11,26H,12H2,1-4H3,(H,28,29). The molecular weight excluding hydrogens is 392 g/mol. The maximum Gasteiger partial charge on any atom is 0.408 e. The van der Waals surface area contributed by atoms with Crippen LogP contribution in [0.25, 0.3) is 21.9 Å². The van der Waals surface area contributed by atoms with Crippen molar-refractivity contribution >= 4 is 28.5 Å². The van der Waals surface area contributed by atoms with Crippen molar-refractivity contribution in [2.45, 2.75) is 32.9 Å². The molecule has 2 N–H and O–H groups in total. The van der Waals surface area contributed by atoms with Crippen molar-refractivity contribution in [2.24, 2.45) is 7.05 Å². The van der Waals surface area contributed by atoms with Crippen LogP contribution < -0.4 is 5.56 Å². The average molecular weight is 415 g/mol. The van der Waals surface area contributed by atoms with Gasteiger partial charge in [0.25, 0.3) is 5.56 Å². The molecule has 3 aromatic rings. The van der Waals surface area contributed by atoms with Crippen LogP contribution in [0, 0.1) is 0 Å². The number of aromatic nitrogens is 1. The Kier molecular flexibility index (Phi) is 5.32. The average Bonchev–Trinajstić information content (AvgIpc) is 2.61. The van der Waals surface area contributed by atoms with E-state index in [1.54, 1.807) is 64.2 Å². The van der Waals surface area contributed by atoms with Gasteiger partial charge in [-0.1, -0.05) is 23.7 Å². The van der Waals surface area contributed by atoms with E-state index in [2.05, 4.69) is 0 Å². The zero-order valence-electron chi connectivity index (χ0n) is 16.7. The number of nitrogens with zero attached hydrogens (tertiary/aromatic N) is 2. The van der Waals surface area contributed by atoms with Crippen molar-refractivity contribution in [3.05, 3.63) is 63.5 Å². The van der Waals surface area contributed by atoms with Crippen LogP contribution in [0.5, 0.6) is 5.75 Å². The molecule has 0 unspecified atom stereocenters. The van der Waals surface area contributed by atoms with E-state index >= 15 is 0 Å². The van der Waals surface area contributed by atoms with Crippen LogP contribution in [0.1, 0.15) is 26.5 Å². The number of pyridine rings is 1. The molecule has 0 saturated heterocycles. The molecule has 3 rings (SSSR count). The second kappa shape index (κ2) is 7.44. The Hall–Kier alpha value is -2.99. The van der Waals surface area contributed by atoms with E-state index in [9.17, 15) is 19.8 Å². The van der Waals surface area contributed by atoms with Gasteiger partial charge in [0.05, 0.1) is 6.54 Å². The van der Waals surface area contributed by atoms with Crippen LogP contribution in [-0.2, 0) is 13.6 Å². The van der Waals surface area contributed by atoms with Crippen LogP contribution in [0.2, 0.25) is 5.02 Å². The molecule has 0 aliphatic carbocycles. The van der Waals surface area contributed by atoms with Gasteiger partial charge in [0.2, 0.25) is 0 Å². The third-order valence-corrected chi connectivity index (χ3v) is 5.20. The summed E-state index contributed by atoms with van der Waals surface area (Å²) in [6, 6.07) is 11.7. The van der Waals surface area contributed by atoms with Crippen LogP contribution >= 0.6 is 11.6 Å². The van der Waals surface area contributed by atoms with Crippen LogP contribution in [-0.4, -0.2) is 31.3 Å². The topological polar surface area (TPSA) is 82.8 Å². The molecule has 0 aliphatic rings. The molecule has 0 fully saturated rings. The highest BCUT2D eigenvalue weighted by Gasteiger charge is 2.29. The van der Waals surface area contributed by atoms with E-state index in [-0.39, 0.29) is 17.9 Å². The molecule has 0 aliphatic heterocycles. The van der Waals surface area contributed by atoms with Gasteiger partial charge in [-0.05, 0) is 62.1 Å². The summed E-state index contributed by atoms with van der Waals surface area (Å²) in [4.78, 5) is 26.2. The normalized spacial score (nSPS) is 11.6. The fourth-order valence-electron chi connectivity index (χ4n) is 3.45. The Morgan fingerprint density at radius 3 is 2.41 bits per heavy atom. The monoisotopic (exact) mass is 414 g/mol. The number of amides is 1. The number of halogens is 1.